The maximum absolute atomic E-state index is 13.1. The smallest absolute Gasteiger partial charge is 0.163 e. The van der Waals surface area contributed by atoms with Gasteiger partial charge in [-0.15, -0.1) is 0 Å². The van der Waals surface area contributed by atoms with Crippen molar-refractivity contribution in [1.29, 1.82) is 0 Å². The van der Waals surface area contributed by atoms with E-state index in [2.05, 4.69) is 59.8 Å². The van der Waals surface area contributed by atoms with Crippen LogP contribution in [0, 0.1) is 0 Å². The van der Waals surface area contributed by atoms with Crippen LogP contribution in [0.4, 0.5) is 0 Å². The molecule has 0 saturated carbocycles. The summed E-state index contributed by atoms with van der Waals surface area (Å²) in [4.78, 5) is 15.7. The summed E-state index contributed by atoms with van der Waals surface area (Å²) in [6, 6.07) is 14.0. The lowest BCUT2D eigenvalue weighted by Gasteiger charge is -2.20. The summed E-state index contributed by atoms with van der Waals surface area (Å²) in [5, 5.41) is 2.72. The Hall–Kier alpha value is -2.13. The Morgan fingerprint density at radius 3 is 2.07 bits per heavy atom. The van der Waals surface area contributed by atoms with E-state index >= 15 is 0 Å². The molecule has 2 aliphatic rings. The Bertz CT molecular complexity index is 1260. The monoisotopic (exact) mass is 556 g/mol. The number of carbonyl (C=O) groups excluding carboxylic acids is 1. The van der Waals surface area contributed by atoms with Crippen molar-refractivity contribution < 1.29 is 4.79 Å². The molecule has 1 aromatic heterocycles. The molecule has 3 nitrogen and oxygen atoms in total. The molecule has 224 valence electrons. The van der Waals surface area contributed by atoms with Crippen molar-refractivity contribution in [2.24, 2.45) is 0 Å². The number of hydrogen-bond donors (Lipinski definition) is 0. The quantitative estimate of drug-likeness (QED) is 0.146. The number of aromatic nitrogens is 1. The van der Waals surface area contributed by atoms with E-state index in [0.29, 0.717) is 24.2 Å². The number of nitrogens with zero attached hydrogens (tertiary/aromatic N) is 2. The molecule has 0 bridgehead atoms. The number of fused-ring (bicyclic) bond motifs is 5. The van der Waals surface area contributed by atoms with Gasteiger partial charge in [-0.1, -0.05) is 115 Å². The second-order valence-electron chi connectivity index (χ2n) is 13.4. The Labute approximate surface area is 250 Å². The van der Waals surface area contributed by atoms with E-state index in [1.807, 2.05) is 0 Å². The highest BCUT2D eigenvalue weighted by Gasteiger charge is 2.32. The van der Waals surface area contributed by atoms with Gasteiger partial charge in [0.15, 0.2) is 5.78 Å². The maximum atomic E-state index is 13.1. The molecule has 2 aromatic carbocycles. The zero-order valence-corrected chi connectivity index (χ0v) is 26.3. The van der Waals surface area contributed by atoms with Crippen molar-refractivity contribution in [3.05, 3.63) is 47.5 Å². The molecular weight excluding hydrogens is 500 g/mol. The molecule has 0 spiro atoms. The summed E-state index contributed by atoms with van der Waals surface area (Å²) in [6.45, 7) is 4.58. The van der Waals surface area contributed by atoms with Gasteiger partial charge in [-0.3, -0.25) is 4.79 Å². The summed E-state index contributed by atoms with van der Waals surface area (Å²) in [5.74, 6) is 0.750. The number of unbranched alkanes of at least 4 members (excludes halogenated alkanes) is 13. The van der Waals surface area contributed by atoms with Gasteiger partial charge >= 0.3 is 0 Å². The summed E-state index contributed by atoms with van der Waals surface area (Å²) in [5.41, 5.74) is 5.05. The molecule has 2 unspecified atom stereocenters. The van der Waals surface area contributed by atoms with Gasteiger partial charge in [0, 0.05) is 46.4 Å². The van der Waals surface area contributed by atoms with Gasteiger partial charge in [-0.25, -0.2) is 0 Å². The van der Waals surface area contributed by atoms with Gasteiger partial charge in [-0.05, 0) is 69.0 Å². The average Bonchev–Trinajstić information content (AvgIpc) is 3.65. The molecule has 0 amide bonds. The highest BCUT2D eigenvalue weighted by Crippen LogP contribution is 2.44. The molecule has 3 aromatic rings. The number of aryl methyl sites for hydroxylation is 1. The Balaban J connectivity index is 1.14. The minimum atomic E-state index is 0.363. The molecule has 1 aliphatic heterocycles. The number of rotatable bonds is 18. The standard InChI is InChI=1S/C38H56N2O/c1-3-4-5-6-7-8-9-10-11-12-13-14-15-16-20-30-29-36(41)33-24-25-35-38(37(30)33)32-22-17-18-23-34(32)40(35)28-26-31-21-19-27-39(31)2/h17-18,22-25,30-31H,3-16,19-21,26-29H2,1-2H3. The summed E-state index contributed by atoms with van der Waals surface area (Å²) < 4.78 is 2.56. The maximum Gasteiger partial charge on any atom is 0.163 e. The predicted molar refractivity (Wildman–Crippen MR) is 176 cm³/mol. The first-order valence-electron chi connectivity index (χ1n) is 17.5. The third kappa shape index (κ3) is 7.45. The fraction of sp³-hybridized carbons (Fsp3) is 0.658. The van der Waals surface area contributed by atoms with Gasteiger partial charge in [0.1, 0.15) is 0 Å². The highest BCUT2D eigenvalue weighted by molar-refractivity contribution is 6.15. The van der Waals surface area contributed by atoms with Gasteiger partial charge in [-0.2, -0.15) is 0 Å². The lowest BCUT2D eigenvalue weighted by atomic mass is 9.91. The van der Waals surface area contributed by atoms with Gasteiger partial charge in [0.25, 0.3) is 0 Å². The van der Waals surface area contributed by atoms with Crippen LogP contribution < -0.4 is 0 Å². The number of Topliss-reactive ketones (excluding diaryl/α,β-unsaturated/α-hetero) is 1. The normalized spacial score (nSPS) is 19.2. The predicted octanol–water partition coefficient (Wildman–Crippen LogP) is 10.8. The van der Waals surface area contributed by atoms with E-state index < -0.39 is 0 Å². The zero-order valence-electron chi connectivity index (χ0n) is 26.3. The lowest BCUT2D eigenvalue weighted by molar-refractivity contribution is 0.0988. The van der Waals surface area contributed by atoms with Crippen LogP contribution in [0.3, 0.4) is 0 Å². The van der Waals surface area contributed by atoms with Gasteiger partial charge in [0.05, 0.1) is 0 Å². The van der Waals surface area contributed by atoms with Gasteiger partial charge in [0.2, 0.25) is 0 Å². The molecule has 5 rings (SSSR count). The minimum absolute atomic E-state index is 0.363. The Morgan fingerprint density at radius 2 is 1.41 bits per heavy atom. The Kier molecular flexibility index (Phi) is 11.4. The first kappa shape index (κ1) is 30.3. The molecule has 2 heterocycles. The highest BCUT2D eigenvalue weighted by atomic mass is 16.1. The first-order valence-corrected chi connectivity index (χ1v) is 17.5. The molecule has 1 aliphatic carbocycles. The van der Waals surface area contributed by atoms with Crippen LogP contribution in [0.1, 0.15) is 151 Å². The molecule has 2 atom stereocenters. The van der Waals surface area contributed by atoms with Crippen molar-refractivity contribution in [2.45, 2.75) is 147 Å². The summed E-state index contributed by atoms with van der Waals surface area (Å²) >= 11 is 0. The van der Waals surface area contributed by atoms with Crippen molar-refractivity contribution in [2.75, 3.05) is 13.6 Å². The second-order valence-corrected chi connectivity index (χ2v) is 13.4. The third-order valence-electron chi connectivity index (χ3n) is 10.4. The van der Waals surface area contributed by atoms with E-state index in [1.165, 1.54) is 143 Å². The van der Waals surface area contributed by atoms with Crippen LogP contribution >= 0.6 is 0 Å². The average molecular weight is 557 g/mol. The van der Waals surface area contributed by atoms with E-state index in [1.54, 1.807) is 0 Å². The van der Waals surface area contributed by atoms with Crippen molar-refractivity contribution in [1.82, 2.24) is 9.47 Å². The fourth-order valence-corrected chi connectivity index (χ4v) is 7.96. The van der Waals surface area contributed by atoms with Crippen LogP contribution in [-0.2, 0) is 6.54 Å². The van der Waals surface area contributed by atoms with E-state index in [9.17, 15) is 4.79 Å². The fourth-order valence-electron chi connectivity index (χ4n) is 7.96. The molecule has 3 heteroatoms. The number of benzene rings is 2. The van der Waals surface area contributed by atoms with Crippen LogP contribution in [0.25, 0.3) is 21.8 Å². The molecule has 1 saturated heterocycles. The molecule has 0 N–H and O–H groups in total. The number of likely N-dealkylation sites (tertiary alicyclic amines) is 1. The third-order valence-corrected chi connectivity index (χ3v) is 10.4. The van der Waals surface area contributed by atoms with Crippen LogP contribution in [0.2, 0.25) is 0 Å². The van der Waals surface area contributed by atoms with Crippen LogP contribution in [0.15, 0.2) is 36.4 Å². The second kappa shape index (κ2) is 15.4. The molecule has 1 fully saturated rings. The number of ketones is 1. The lowest BCUT2D eigenvalue weighted by Crippen LogP contribution is -2.26. The van der Waals surface area contributed by atoms with E-state index in [0.717, 1.165) is 18.5 Å². The largest absolute Gasteiger partial charge is 0.340 e. The van der Waals surface area contributed by atoms with Crippen molar-refractivity contribution >= 4 is 27.6 Å². The van der Waals surface area contributed by atoms with Gasteiger partial charge < -0.3 is 9.47 Å². The van der Waals surface area contributed by atoms with Crippen molar-refractivity contribution in [3.8, 4) is 0 Å². The number of para-hydroxylation sites is 1. The number of carbonyl (C=O) groups is 1. The van der Waals surface area contributed by atoms with Crippen LogP contribution in [-0.4, -0.2) is 34.9 Å². The number of hydrogen-bond acceptors (Lipinski definition) is 2. The van der Waals surface area contributed by atoms with Crippen molar-refractivity contribution in [3.63, 3.8) is 0 Å². The topological polar surface area (TPSA) is 25.2 Å². The van der Waals surface area contributed by atoms with E-state index in [-0.39, 0.29) is 0 Å². The first-order chi connectivity index (χ1) is 20.2. The molecule has 41 heavy (non-hydrogen) atoms. The summed E-state index contributed by atoms with van der Waals surface area (Å²) in [7, 11) is 2.28. The molecule has 0 radical (unpaired) electrons. The SMILES string of the molecule is CCCCCCCCCCCCCCCCC1CC(=O)c2ccc3c(c21)c1ccccc1n3CCC1CCCN1C. The molecular formula is C38H56N2O. The minimum Gasteiger partial charge on any atom is -0.340 e. The van der Waals surface area contributed by atoms with Crippen LogP contribution in [0.5, 0.6) is 0 Å². The summed E-state index contributed by atoms with van der Waals surface area (Å²) in [6.07, 6.45) is 25.2. The van der Waals surface area contributed by atoms with E-state index in [4.69, 9.17) is 0 Å². The zero-order chi connectivity index (χ0) is 28.4. The Morgan fingerprint density at radius 1 is 0.756 bits per heavy atom.